The Bertz CT molecular complexity index is 3290. The maximum absolute atomic E-state index is 8.87. The number of benzene rings is 7. The van der Waals surface area contributed by atoms with Crippen LogP contribution in [0.3, 0.4) is 0 Å². The molecule has 0 aliphatic carbocycles. The molecule has 10 aromatic rings. The smallest absolute Gasteiger partial charge is 0.149 e. The molecule has 3 aromatic heterocycles. The van der Waals surface area contributed by atoms with Crippen LogP contribution in [0, 0.1) is 13.7 Å². The molecule has 7 aromatic carbocycles. The molecule has 0 bridgehead atoms. The molecule has 0 saturated heterocycles. The zero-order chi connectivity index (χ0) is 39.7. The number of imidazole rings is 1. The van der Waals surface area contributed by atoms with Crippen molar-refractivity contribution < 1.29 is 17.1 Å². The highest BCUT2D eigenvalue weighted by atomic mass is 16.3. The van der Waals surface area contributed by atoms with E-state index >= 15 is 0 Å². The number of aromatic nitrogens is 2. The lowest BCUT2D eigenvalue weighted by atomic mass is 9.89. The lowest BCUT2D eigenvalue weighted by Crippen LogP contribution is -2.10. The van der Waals surface area contributed by atoms with E-state index in [-0.39, 0.29) is 28.5 Å². The molecule has 0 radical (unpaired) electrons. The van der Waals surface area contributed by atoms with Crippen LogP contribution in [-0.4, -0.2) is 9.55 Å². The van der Waals surface area contributed by atoms with Gasteiger partial charge in [-0.3, -0.25) is 4.57 Å². The number of aryl methyl sites for hydroxylation is 2. The van der Waals surface area contributed by atoms with E-state index in [1.54, 1.807) is 6.07 Å². The predicted octanol–water partition coefficient (Wildman–Crippen LogP) is 13.7. The highest BCUT2D eigenvalue weighted by Crippen LogP contribution is 2.46. The first-order valence-corrected chi connectivity index (χ1v) is 17.5. The molecule has 4 heteroatoms. The van der Waals surface area contributed by atoms with E-state index in [1.807, 2.05) is 53.1 Å². The number of hydrogen-bond donors (Lipinski definition) is 0. The maximum Gasteiger partial charge on any atom is 0.149 e. The third-order valence-electron chi connectivity index (χ3n) is 10.6. The summed E-state index contributed by atoms with van der Waals surface area (Å²) in [6.45, 7) is 2.92. The standard InChI is InChI=1S/C47H38N2O2/c1-25(2)35-23-38-32-14-9-10-17-40(32)50-46(38)42(26(3)4)44(35)49-43-28(6)27(5)18-21-39(43)48-47(49)34-16-11-15-33-37-22-30-20-19-29-12-7-8-13-31(29)36(30)24-41(37)51-45(33)34/h7-26H,1-6H3/i5D3,6D3. The molecule has 0 fully saturated rings. The second-order valence-corrected chi connectivity index (χ2v) is 14.3. The van der Waals surface area contributed by atoms with Crippen LogP contribution in [0.4, 0.5) is 0 Å². The molecule has 0 unspecified atom stereocenters. The summed E-state index contributed by atoms with van der Waals surface area (Å²) in [6.07, 6.45) is 0. The molecule has 10 rings (SSSR count). The molecular weight excluding hydrogens is 625 g/mol. The molecule has 3 heterocycles. The summed E-state index contributed by atoms with van der Waals surface area (Å²) in [7, 11) is 0. The number of fused-ring (bicyclic) bond motifs is 10. The molecular formula is C47H38N2O2. The van der Waals surface area contributed by atoms with Gasteiger partial charge in [-0.15, -0.1) is 0 Å². The fraction of sp³-hybridized carbons (Fsp3) is 0.170. The topological polar surface area (TPSA) is 44.1 Å². The zero-order valence-corrected chi connectivity index (χ0v) is 28.8. The normalized spacial score (nSPS) is 14.7. The van der Waals surface area contributed by atoms with Crippen LogP contribution in [0.25, 0.3) is 93.5 Å². The van der Waals surface area contributed by atoms with Gasteiger partial charge >= 0.3 is 0 Å². The SMILES string of the molecule is [2H]C([2H])([2H])c1ccc2nc(-c3cccc4c3oc3cc5c(ccc6ccccc65)cc34)n(-c3c(C(C)C)cc4c(oc5ccccc54)c3C(C)C)c2c1C([2H])([2H])[2H]. The minimum absolute atomic E-state index is 0.0351. The molecule has 51 heavy (non-hydrogen) atoms. The molecule has 0 spiro atoms. The van der Waals surface area contributed by atoms with Gasteiger partial charge in [0.2, 0.25) is 0 Å². The number of para-hydroxylation sites is 2. The van der Waals surface area contributed by atoms with Crippen molar-refractivity contribution in [3.05, 3.63) is 131 Å². The molecule has 248 valence electrons. The molecule has 0 amide bonds. The fourth-order valence-electron chi connectivity index (χ4n) is 8.16. The summed E-state index contributed by atoms with van der Waals surface area (Å²) >= 11 is 0. The lowest BCUT2D eigenvalue weighted by Gasteiger charge is -2.24. The van der Waals surface area contributed by atoms with Crippen molar-refractivity contribution in [1.82, 2.24) is 9.55 Å². The van der Waals surface area contributed by atoms with E-state index in [9.17, 15) is 0 Å². The summed E-state index contributed by atoms with van der Waals surface area (Å²) in [5.41, 5.74) is 6.06. The van der Waals surface area contributed by atoms with Gasteiger partial charge in [0.1, 0.15) is 28.2 Å². The van der Waals surface area contributed by atoms with Crippen LogP contribution in [0.1, 0.15) is 70.0 Å². The highest BCUT2D eigenvalue weighted by molar-refractivity contribution is 6.17. The first-order valence-electron chi connectivity index (χ1n) is 20.5. The van der Waals surface area contributed by atoms with Crippen LogP contribution >= 0.6 is 0 Å². The summed E-state index contributed by atoms with van der Waals surface area (Å²) in [6, 6.07) is 35.9. The van der Waals surface area contributed by atoms with Crippen LogP contribution in [-0.2, 0) is 0 Å². The summed E-state index contributed by atoms with van der Waals surface area (Å²) in [5, 5.41) is 8.21. The van der Waals surface area contributed by atoms with Crippen molar-refractivity contribution in [1.29, 1.82) is 0 Å². The monoisotopic (exact) mass is 668 g/mol. The third kappa shape index (κ3) is 4.23. The van der Waals surface area contributed by atoms with Gasteiger partial charge < -0.3 is 8.83 Å². The number of nitrogens with zero attached hydrogens (tertiary/aromatic N) is 2. The van der Waals surface area contributed by atoms with E-state index < -0.39 is 13.7 Å². The summed E-state index contributed by atoms with van der Waals surface area (Å²) in [4.78, 5) is 5.24. The van der Waals surface area contributed by atoms with Crippen molar-refractivity contribution in [2.45, 2.75) is 53.2 Å². The molecule has 0 saturated carbocycles. The van der Waals surface area contributed by atoms with Crippen LogP contribution < -0.4 is 0 Å². The second-order valence-electron chi connectivity index (χ2n) is 14.3. The minimum atomic E-state index is -2.80. The van der Waals surface area contributed by atoms with Gasteiger partial charge in [-0.25, -0.2) is 4.98 Å². The van der Waals surface area contributed by atoms with Gasteiger partial charge in [0, 0.05) is 35.3 Å². The van der Waals surface area contributed by atoms with Gasteiger partial charge in [-0.1, -0.05) is 100 Å². The zero-order valence-electron chi connectivity index (χ0n) is 34.8. The van der Waals surface area contributed by atoms with Crippen LogP contribution in [0.15, 0.2) is 118 Å². The number of furan rings is 2. The maximum atomic E-state index is 8.87. The van der Waals surface area contributed by atoms with Crippen molar-refractivity contribution >= 4 is 76.5 Å². The van der Waals surface area contributed by atoms with Crippen molar-refractivity contribution in [3.8, 4) is 17.1 Å². The van der Waals surface area contributed by atoms with Gasteiger partial charge in [-0.2, -0.15) is 0 Å². The summed E-state index contributed by atoms with van der Waals surface area (Å²) in [5.74, 6) is 0.308. The van der Waals surface area contributed by atoms with E-state index in [2.05, 4.69) is 76.2 Å². The van der Waals surface area contributed by atoms with E-state index in [0.717, 1.165) is 65.5 Å². The molecule has 0 atom stereocenters. The summed E-state index contributed by atoms with van der Waals surface area (Å²) < 4.78 is 67.6. The Morgan fingerprint density at radius 2 is 1.39 bits per heavy atom. The van der Waals surface area contributed by atoms with E-state index in [1.165, 1.54) is 6.07 Å². The lowest BCUT2D eigenvalue weighted by molar-refractivity contribution is 0.654. The first-order chi connectivity index (χ1) is 27.2. The number of hydrogen-bond acceptors (Lipinski definition) is 3. The van der Waals surface area contributed by atoms with Gasteiger partial charge in [0.25, 0.3) is 0 Å². The average molecular weight is 669 g/mol. The number of rotatable bonds is 4. The second kappa shape index (κ2) is 10.8. The Morgan fingerprint density at radius 1 is 0.608 bits per heavy atom. The Balaban J connectivity index is 1.40. The van der Waals surface area contributed by atoms with Crippen LogP contribution in [0.5, 0.6) is 0 Å². The molecule has 0 aliphatic heterocycles. The Hall–Kier alpha value is -5.87. The molecule has 0 aliphatic rings. The Labute approximate surface area is 304 Å². The Morgan fingerprint density at radius 3 is 2.22 bits per heavy atom. The van der Waals surface area contributed by atoms with Crippen LogP contribution in [0.2, 0.25) is 0 Å². The minimum Gasteiger partial charge on any atom is -0.456 e. The van der Waals surface area contributed by atoms with Crippen molar-refractivity contribution in [2.24, 2.45) is 0 Å². The van der Waals surface area contributed by atoms with Gasteiger partial charge in [0.05, 0.1) is 22.3 Å². The van der Waals surface area contributed by atoms with Gasteiger partial charge in [0.15, 0.2) is 0 Å². The Kier molecular flexibility index (Phi) is 5.15. The van der Waals surface area contributed by atoms with Crippen molar-refractivity contribution in [2.75, 3.05) is 0 Å². The quantitative estimate of drug-likeness (QED) is 0.175. The van der Waals surface area contributed by atoms with Gasteiger partial charge in [-0.05, 0) is 100 Å². The third-order valence-corrected chi connectivity index (χ3v) is 10.6. The molecule has 4 nitrogen and oxygen atoms in total. The first kappa shape index (κ1) is 24.3. The fourth-order valence-corrected chi connectivity index (χ4v) is 8.16. The largest absolute Gasteiger partial charge is 0.456 e. The average Bonchev–Trinajstić information content (AvgIpc) is 3.85. The predicted molar refractivity (Wildman–Crippen MR) is 214 cm³/mol. The molecule has 0 N–H and O–H groups in total. The van der Waals surface area contributed by atoms with Crippen molar-refractivity contribution in [3.63, 3.8) is 0 Å². The highest BCUT2D eigenvalue weighted by Gasteiger charge is 2.29. The van der Waals surface area contributed by atoms with E-state index in [4.69, 9.17) is 22.0 Å². The van der Waals surface area contributed by atoms with E-state index in [0.29, 0.717) is 33.7 Å².